The summed E-state index contributed by atoms with van der Waals surface area (Å²) in [7, 11) is 0. The third kappa shape index (κ3) is 3.22. The first-order chi connectivity index (χ1) is 8.67. The minimum absolute atomic E-state index is 0.359. The van der Waals surface area contributed by atoms with Gasteiger partial charge < -0.3 is 5.32 Å². The number of rotatable bonds is 3. The van der Waals surface area contributed by atoms with Crippen LogP contribution in [0.15, 0.2) is 42.5 Å². The molecule has 0 saturated heterocycles. The van der Waals surface area contributed by atoms with E-state index in [4.69, 9.17) is 16.9 Å². The van der Waals surface area contributed by atoms with E-state index in [-0.39, 0.29) is 5.82 Å². The Morgan fingerprint density at radius 1 is 1.17 bits per heavy atom. The van der Waals surface area contributed by atoms with Crippen LogP contribution in [0.2, 0.25) is 5.02 Å². The Morgan fingerprint density at radius 3 is 2.50 bits per heavy atom. The number of anilines is 1. The maximum atomic E-state index is 13.1. The predicted octanol–water partition coefficient (Wildman–Crippen LogP) is 3.96. The molecule has 2 aromatic rings. The van der Waals surface area contributed by atoms with E-state index in [9.17, 15) is 4.39 Å². The first kappa shape index (κ1) is 12.4. The van der Waals surface area contributed by atoms with Crippen LogP contribution in [0.25, 0.3) is 0 Å². The largest absolute Gasteiger partial charge is 0.381 e. The van der Waals surface area contributed by atoms with Gasteiger partial charge in [0.05, 0.1) is 11.6 Å². The third-order valence-electron chi connectivity index (χ3n) is 2.44. The van der Waals surface area contributed by atoms with Gasteiger partial charge in [0, 0.05) is 17.3 Å². The molecule has 0 fully saturated rings. The summed E-state index contributed by atoms with van der Waals surface area (Å²) in [4.78, 5) is 0. The monoisotopic (exact) mass is 260 g/mol. The SMILES string of the molecule is N#Cc1ccc(CNc2cc(F)cc(Cl)c2)cc1. The Bertz CT molecular complexity index is 567. The molecule has 2 rings (SSSR count). The standard InChI is InChI=1S/C14H10ClFN2/c15-12-5-13(16)7-14(6-12)18-9-11-3-1-10(8-17)2-4-11/h1-7,18H,9H2. The van der Waals surface area contributed by atoms with Gasteiger partial charge in [0.15, 0.2) is 0 Å². The van der Waals surface area contributed by atoms with E-state index in [0.29, 0.717) is 22.8 Å². The van der Waals surface area contributed by atoms with Crippen molar-refractivity contribution in [2.45, 2.75) is 6.54 Å². The number of hydrogen-bond acceptors (Lipinski definition) is 2. The van der Waals surface area contributed by atoms with Gasteiger partial charge in [-0.05, 0) is 35.9 Å². The Balaban J connectivity index is 2.04. The van der Waals surface area contributed by atoms with Crippen molar-refractivity contribution < 1.29 is 4.39 Å². The lowest BCUT2D eigenvalue weighted by Gasteiger charge is -2.07. The van der Waals surface area contributed by atoms with Crippen molar-refractivity contribution in [3.63, 3.8) is 0 Å². The fraction of sp³-hybridized carbons (Fsp3) is 0.0714. The number of benzene rings is 2. The highest BCUT2D eigenvalue weighted by atomic mass is 35.5. The highest BCUT2D eigenvalue weighted by Gasteiger charge is 1.99. The predicted molar refractivity (Wildman–Crippen MR) is 69.9 cm³/mol. The summed E-state index contributed by atoms with van der Waals surface area (Å²) < 4.78 is 13.1. The summed E-state index contributed by atoms with van der Waals surface area (Å²) in [6.45, 7) is 0.547. The van der Waals surface area contributed by atoms with Gasteiger partial charge in [-0.3, -0.25) is 0 Å². The first-order valence-corrected chi connectivity index (χ1v) is 5.74. The summed E-state index contributed by atoms with van der Waals surface area (Å²) in [5.74, 6) is -0.371. The van der Waals surface area contributed by atoms with Gasteiger partial charge in [0.1, 0.15) is 5.82 Å². The molecule has 90 valence electrons. The van der Waals surface area contributed by atoms with Gasteiger partial charge in [0.25, 0.3) is 0 Å². The Kier molecular flexibility index (Phi) is 3.81. The number of nitriles is 1. The molecule has 0 spiro atoms. The molecule has 0 aliphatic carbocycles. The van der Waals surface area contributed by atoms with Crippen molar-refractivity contribution in [2.24, 2.45) is 0 Å². The Hall–Kier alpha value is -2.05. The molecule has 0 radical (unpaired) electrons. The molecule has 0 saturated carbocycles. The molecule has 0 heterocycles. The molecule has 0 unspecified atom stereocenters. The van der Waals surface area contributed by atoms with Crippen molar-refractivity contribution in [2.75, 3.05) is 5.32 Å². The Morgan fingerprint density at radius 2 is 1.89 bits per heavy atom. The lowest BCUT2D eigenvalue weighted by molar-refractivity contribution is 0.628. The minimum atomic E-state index is -0.371. The topological polar surface area (TPSA) is 35.8 Å². The van der Waals surface area contributed by atoms with Crippen LogP contribution in [-0.2, 0) is 6.54 Å². The van der Waals surface area contributed by atoms with Gasteiger partial charge >= 0.3 is 0 Å². The minimum Gasteiger partial charge on any atom is -0.381 e. The van der Waals surface area contributed by atoms with Gasteiger partial charge in [-0.1, -0.05) is 23.7 Å². The number of hydrogen-bond donors (Lipinski definition) is 1. The second-order valence-corrected chi connectivity index (χ2v) is 4.26. The van der Waals surface area contributed by atoms with Crippen LogP contribution in [-0.4, -0.2) is 0 Å². The molecule has 0 amide bonds. The quantitative estimate of drug-likeness (QED) is 0.907. The molecule has 0 atom stereocenters. The van der Waals surface area contributed by atoms with E-state index >= 15 is 0 Å². The smallest absolute Gasteiger partial charge is 0.126 e. The molecule has 2 aromatic carbocycles. The zero-order chi connectivity index (χ0) is 13.0. The normalized spacial score (nSPS) is 9.83. The fourth-order valence-corrected chi connectivity index (χ4v) is 1.78. The van der Waals surface area contributed by atoms with Gasteiger partial charge in [0.2, 0.25) is 0 Å². The summed E-state index contributed by atoms with van der Waals surface area (Å²) in [6, 6.07) is 13.6. The average molecular weight is 261 g/mol. The molecular weight excluding hydrogens is 251 g/mol. The van der Waals surface area contributed by atoms with Crippen molar-refractivity contribution in [1.82, 2.24) is 0 Å². The van der Waals surface area contributed by atoms with E-state index < -0.39 is 0 Å². The molecule has 1 N–H and O–H groups in total. The van der Waals surface area contributed by atoms with Crippen molar-refractivity contribution >= 4 is 17.3 Å². The number of halogens is 2. The first-order valence-electron chi connectivity index (χ1n) is 5.36. The van der Waals surface area contributed by atoms with Gasteiger partial charge in [-0.25, -0.2) is 4.39 Å². The van der Waals surface area contributed by atoms with Crippen LogP contribution in [0.5, 0.6) is 0 Å². The molecule has 0 aromatic heterocycles. The summed E-state index contributed by atoms with van der Waals surface area (Å²) in [5.41, 5.74) is 2.26. The molecular formula is C14H10ClFN2. The summed E-state index contributed by atoms with van der Waals surface area (Å²) in [5, 5.41) is 12.1. The van der Waals surface area contributed by atoms with Crippen molar-refractivity contribution in [3.05, 3.63) is 64.4 Å². The number of nitrogens with one attached hydrogen (secondary N) is 1. The van der Waals surface area contributed by atoms with Crippen LogP contribution >= 0.6 is 11.6 Å². The van der Waals surface area contributed by atoms with Crippen LogP contribution in [0.3, 0.4) is 0 Å². The zero-order valence-electron chi connectivity index (χ0n) is 9.45. The highest BCUT2D eigenvalue weighted by Crippen LogP contribution is 2.18. The lowest BCUT2D eigenvalue weighted by atomic mass is 10.1. The van der Waals surface area contributed by atoms with Gasteiger partial charge in [-0.2, -0.15) is 5.26 Å². The second-order valence-electron chi connectivity index (χ2n) is 3.82. The molecule has 0 bridgehead atoms. The average Bonchev–Trinajstić information content (AvgIpc) is 2.36. The molecule has 4 heteroatoms. The van der Waals surface area contributed by atoms with Crippen LogP contribution in [0.4, 0.5) is 10.1 Å². The molecule has 18 heavy (non-hydrogen) atoms. The molecule has 0 aliphatic rings. The van der Waals surface area contributed by atoms with Crippen LogP contribution < -0.4 is 5.32 Å². The second kappa shape index (κ2) is 5.52. The maximum absolute atomic E-state index is 13.1. The third-order valence-corrected chi connectivity index (χ3v) is 2.66. The van der Waals surface area contributed by atoms with E-state index in [1.165, 1.54) is 12.1 Å². The van der Waals surface area contributed by atoms with Crippen molar-refractivity contribution in [1.29, 1.82) is 5.26 Å². The highest BCUT2D eigenvalue weighted by molar-refractivity contribution is 6.30. The van der Waals surface area contributed by atoms with Crippen LogP contribution in [0, 0.1) is 17.1 Å². The van der Waals surface area contributed by atoms with E-state index in [0.717, 1.165) is 5.56 Å². The zero-order valence-corrected chi connectivity index (χ0v) is 10.2. The van der Waals surface area contributed by atoms with E-state index in [1.807, 2.05) is 12.1 Å². The van der Waals surface area contributed by atoms with Crippen LogP contribution in [0.1, 0.15) is 11.1 Å². The van der Waals surface area contributed by atoms with Gasteiger partial charge in [-0.15, -0.1) is 0 Å². The summed E-state index contributed by atoms with van der Waals surface area (Å²) in [6.07, 6.45) is 0. The lowest BCUT2D eigenvalue weighted by Crippen LogP contribution is -1.99. The van der Waals surface area contributed by atoms with Crippen molar-refractivity contribution in [3.8, 4) is 6.07 Å². The molecule has 0 aliphatic heterocycles. The number of nitrogens with zero attached hydrogens (tertiary/aromatic N) is 1. The Labute approximate surface area is 110 Å². The maximum Gasteiger partial charge on any atom is 0.126 e. The summed E-state index contributed by atoms with van der Waals surface area (Å²) >= 11 is 5.76. The van der Waals surface area contributed by atoms with E-state index in [1.54, 1.807) is 18.2 Å². The van der Waals surface area contributed by atoms with E-state index in [2.05, 4.69) is 11.4 Å². The fourth-order valence-electron chi connectivity index (χ4n) is 1.56. The molecule has 2 nitrogen and oxygen atoms in total.